The summed E-state index contributed by atoms with van der Waals surface area (Å²) in [6.45, 7) is 8.20. The van der Waals surface area contributed by atoms with E-state index in [2.05, 4.69) is 40.7 Å². The molecule has 1 saturated heterocycles. The quantitative estimate of drug-likeness (QED) is 0.327. The number of nitrogens with zero attached hydrogens (tertiary/aromatic N) is 2. The zero-order chi connectivity index (χ0) is 19.1. The lowest BCUT2D eigenvalue weighted by Crippen LogP contribution is -2.44. The first kappa shape index (κ1) is 22.8. The van der Waals surface area contributed by atoms with Crippen LogP contribution in [0.5, 0.6) is 5.75 Å². The molecule has 2 N–H and O–H groups in total. The molecule has 28 heavy (non-hydrogen) atoms. The molecule has 1 saturated carbocycles. The Hall–Kier alpha value is -1.51. The van der Waals surface area contributed by atoms with Crippen LogP contribution in [-0.4, -0.2) is 49.6 Å². The second-order valence-corrected chi connectivity index (χ2v) is 7.50. The number of aryl methyl sites for hydroxylation is 1. The van der Waals surface area contributed by atoms with Crippen LogP contribution in [0.4, 0.5) is 0 Å². The predicted molar refractivity (Wildman–Crippen MR) is 123 cm³/mol. The molecule has 1 aromatic carbocycles. The number of hydrogen-bond donors (Lipinski definition) is 2. The summed E-state index contributed by atoms with van der Waals surface area (Å²) >= 11 is 0. The third kappa shape index (κ3) is 7.14. The van der Waals surface area contributed by atoms with E-state index in [1.54, 1.807) is 0 Å². The van der Waals surface area contributed by atoms with E-state index < -0.39 is 0 Å². The van der Waals surface area contributed by atoms with Crippen molar-refractivity contribution >= 4 is 35.8 Å². The lowest BCUT2D eigenvalue weighted by atomic mass is 10.1. The highest BCUT2D eigenvalue weighted by Gasteiger charge is 2.22. The zero-order valence-corrected chi connectivity index (χ0v) is 19.3. The van der Waals surface area contributed by atoms with Crippen LogP contribution in [0.3, 0.4) is 0 Å². The molecule has 6 nitrogen and oxygen atoms in total. The van der Waals surface area contributed by atoms with Gasteiger partial charge in [-0.2, -0.15) is 0 Å². The lowest BCUT2D eigenvalue weighted by Gasteiger charge is -2.17. The molecule has 0 aromatic heterocycles. The van der Waals surface area contributed by atoms with Gasteiger partial charge in [0.1, 0.15) is 5.75 Å². The number of aliphatic imine (C=N–C) groups is 1. The van der Waals surface area contributed by atoms with Crippen molar-refractivity contribution in [3.63, 3.8) is 0 Å². The summed E-state index contributed by atoms with van der Waals surface area (Å²) in [7, 11) is 0. The fourth-order valence-electron chi connectivity index (χ4n) is 3.16. The van der Waals surface area contributed by atoms with Crippen LogP contribution in [-0.2, 0) is 11.3 Å². The Balaban J connectivity index is 0.00000280. The van der Waals surface area contributed by atoms with E-state index in [9.17, 15) is 4.79 Å². The molecular formula is C21H33IN4O2. The number of likely N-dealkylation sites (tertiary alicyclic amines) is 1. The van der Waals surface area contributed by atoms with E-state index in [4.69, 9.17) is 4.74 Å². The molecule has 1 aliphatic carbocycles. The van der Waals surface area contributed by atoms with Crippen molar-refractivity contribution in [3.05, 3.63) is 29.3 Å². The Kier molecular flexibility index (Phi) is 9.34. The number of nitrogens with one attached hydrogen (secondary N) is 2. The maximum absolute atomic E-state index is 12.2. The topological polar surface area (TPSA) is 66.0 Å². The Morgan fingerprint density at radius 2 is 2.00 bits per heavy atom. The molecule has 3 rings (SSSR count). The fraction of sp³-hybridized carbons (Fsp3) is 0.619. The van der Waals surface area contributed by atoms with Crippen LogP contribution in [0.2, 0.25) is 0 Å². The summed E-state index contributed by atoms with van der Waals surface area (Å²) in [5, 5.41) is 6.38. The fourth-order valence-corrected chi connectivity index (χ4v) is 3.16. The average Bonchev–Trinajstić information content (AvgIpc) is 3.33. The number of hydrogen-bond acceptors (Lipinski definition) is 3. The second-order valence-electron chi connectivity index (χ2n) is 7.50. The second kappa shape index (κ2) is 11.5. The molecule has 1 aromatic rings. The first-order chi connectivity index (χ1) is 13.2. The van der Waals surface area contributed by atoms with Gasteiger partial charge in [0.2, 0.25) is 5.91 Å². The SMILES string of the molecule is CCNC(=NCc1ccc(C)cc1OCC1CC1)NCC(=O)N1CCCC1.I. The van der Waals surface area contributed by atoms with Gasteiger partial charge in [-0.25, -0.2) is 4.99 Å². The average molecular weight is 500 g/mol. The van der Waals surface area contributed by atoms with Gasteiger partial charge in [0.05, 0.1) is 19.7 Å². The molecule has 1 heterocycles. The van der Waals surface area contributed by atoms with Crippen LogP contribution in [0.25, 0.3) is 0 Å². The van der Waals surface area contributed by atoms with Gasteiger partial charge in [-0.15, -0.1) is 24.0 Å². The molecule has 0 atom stereocenters. The molecule has 156 valence electrons. The van der Waals surface area contributed by atoms with Gasteiger partial charge in [0.15, 0.2) is 5.96 Å². The number of carbonyl (C=O) groups is 1. The molecule has 0 bridgehead atoms. The zero-order valence-electron chi connectivity index (χ0n) is 17.0. The van der Waals surface area contributed by atoms with E-state index in [1.165, 1.54) is 18.4 Å². The van der Waals surface area contributed by atoms with Crippen LogP contribution >= 0.6 is 24.0 Å². The molecular weight excluding hydrogens is 467 g/mol. The summed E-state index contributed by atoms with van der Waals surface area (Å²) in [6.07, 6.45) is 4.77. The van der Waals surface area contributed by atoms with Crippen molar-refractivity contribution in [2.24, 2.45) is 10.9 Å². The van der Waals surface area contributed by atoms with E-state index >= 15 is 0 Å². The minimum Gasteiger partial charge on any atom is -0.493 e. The van der Waals surface area contributed by atoms with Crippen LogP contribution in [0.1, 0.15) is 43.7 Å². The highest BCUT2D eigenvalue weighted by atomic mass is 127. The molecule has 2 aliphatic rings. The number of carbonyl (C=O) groups excluding carboxylic acids is 1. The van der Waals surface area contributed by atoms with E-state index in [0.29, 0.717) is 12.5 Å². The van der Waals surface area contributed by atoms with Gasteiger partial charge in [0.25, 0.3) is 0 Å². The third-order valence-corrected chi connectivity index (χ3v) is 5.01. The highest BCUT2D eigenvalue weighted by Crippen LogP contribution is 2.30. The number of rotatable bonds is 8. The molecule has 1 aliphatic heterocycles. The highest BCUT2D eigenvalue weighted by molar-refractivity contribution is 14.0. The molecule has 7 heteroatoms. The summed E-state index contributed by atoms with van der Waals surface area (Å²) in [6, 6.07) is 6.26. The van der Waals surface area contributed by atoms with Crippen LogP contribution in [0.15, 0.2) is 23.2 Å². The number of halogens is 1. The Morgan fingerprint density at radius 3 is 2.68 bits per heavy atom. The van der Waals surface area contributed by atoms with Gasteiger partial charge in [-0.05, 0) is 57.1 Å². The minimum absolute atomic E-state index is 0. The van der Waals surface area contributed by atoms with Crippen LogP contribution < -0.4 is 15.4 Å². The maximum atomic E-state index is 12.2. The van der Waals surface area contributed by atoms with Gasteiger partial charge >= 0.3 is 0 Å². The van der Waals surface area contributed by atoms with Crippen molar-refractivity contribution in [2.45, 2.75) is 46.1 Å². The molecule has 2 fully saturated rings. The van der Waals surface area contributed by atoms with Crippen molar-refractivity contribution in [1.82, 2.24) is 15.5 Å². The lowest BCUT2D eigenvalue weighted by molar-refractivity contribution is -0.128. The number of benzene rings is 1. The van der Waals surface area contributed by atoms with Gasteiger partial charge in [-0.1, -0.05) is 12.1 Å². The molecule has 0 radical (unpaired) electrons. The largest absolute Gasteiger partial charge is 0.493 e. The first-order valence-corrected chi connectivity index (χ1v) is 10.2. The maximum Gasteiger partial charge on any atom is 0.241 e. The summed E-state index contributed by atoms with van der Waals surface area (Å²) in [4.78, 5) is 18.8. The summed E-state index contributed by atoms with van der Waals surface area (Å²) in [5.41, 5.74) is 2.26. The summed E-state index contributed by atoms with van der Waals surface area (Å²) in [5.74, 6) is 2.45. The number of amides is 1. The van der Waals surface area contributed by atoms with Crippen molar-refractivity contribution in [3.8, 4) is 5.75 Å². The third-order valence-electron chi connectivity index (χ3n) is 5.01. The Morgan fingerprint density at radius 1 is 1.25 bits per heavy atom. The first-order valence-electron chi connectivity index (χ1n) is 10.2. The number of guanidine groups is 1. The van der Waals surface area contributed by atoms with Crippen molar-refractivity contribution in [1.29, 1.82) is 0 Å². The normalized spacial score (nSPS) is 16.5. The predicted octanol–water partition coefficient (Wildman–Crippen LogP) is 3.08. The molecule has 1 amide bonds. The van der Waals surface area contributed by atoms with Crippen molar-refractivity contribution < 1.29 is 9.53 Å². The standard InChI is InChI=1S/C21H32N4O2.HI/c1-3-22-21(24-14-20(26)25-10-4-5-11-25)23-13-18-9-6-16(2)12-19(18)27-15-17-7-8-17;/h6,9,12,17H,3-5,7-8,10-11,13-15H2,1-2H3,(H2,22,23,24);1H. The summed E-state index contributed by atoms with van der Waals surface area (Å²) < 4.78 is 6.03. The number of ether oxygens (including phenoxy) is 1. The molecule has 0 spiro atoms. The van der Waals surface area contributed by atoms with E-state index in [1.807, 2.05) is 11.8 Å². The molecule has 0 unspecified atom stereocenters. The Bertz CT molecular complexity index is 670. The Labute approximate surface area is 185 Å². The monoisotopic (exact) mass is 500 g/mol. The van der Waals surface area contributed by atoms with Crippen LogP contribution in [0, 0.1) is 12.8 Å². The van der Waals surface area contributed by atoms with Gasteiger partial charge in [-0.3, -0.25) is 4.79 Å². The van der Waals surface area contributed by atoms with Crippen molar-refractivity contribution in [2.75, 3.05) is 32.8 Å². The van der Waals surface area contributed by atoms with E-state index in [-0.39, 0.29) is 36.4 Å². The smallest absolute Gasteiger partial charge is 0.241 e. The van der Waals surface area contributed by atoms with Gasteiger partial charge in [0, 0.05) is 25.2 Å². The van der Waals surface area contributed by atoms with E-state index in [0.717, 1.165) is 56.3 Å². The minimum atomic E-state index is 0. The van der Waals surface area contributed by atoms with Gasteiger partial charge < -0.3 is 20.3 Å².